The van der Waals surface area contributed by atoms with Crippen molar-refractivity contribution in [3.8, 4) is 0 Å². The van der Waals surface area contributed by atoms with Crippen LogP contribution in [0.1, 0.15) is 12.8 Å². The van der Waals surface area contributed by atoms with Crippen LogP contribution in [0.2, 0.25) is 0 Å². The van der Waals surface area contributed by atoms with Gasteiger partial charge in [-0.3, -0.25) is 0 Å². The summed E-state index contributed by atoms with van der Waals surface area (Å²) in [5.41, 5.74) is -1.04. The van der Waals surface area contributed by atoms with Crippen LogP contribution >= 0.6 is 11.6 Å². The Bertz CT molecular complexity index is 610. The Kier molecular flexibility index (Phi) is 4.82. The Morgan fingerprint density at radius 1 is 1.19 bits per heavy atom. The van der Waals surface area contributed by atoms with E-state index in [0.717, 1.165) is 0 Å². The number of ether oxygens (including phenoxy) is 1. The van der Waals surface area contributed by atoms with Crippen molar-refractivity contribution in [3.63, 3.8) is 0 Å². The fraction of sp³-hybridized carbons (Fsp3) is 0.500. The number of hydrogen-bond acceptors (Lipinski definition) is 3. The number of hydrogen-bond donors (Lipinski definition) is 1. The van der Waals surface area contributed by atoms with Crippen molar-refractivity contribution in [2.24, 2.45) is 0 Å². The SMILES string of the molecule is O=S(=O)(NC1(CCl)CCOCC1)c1c(F)cc(F)cc1F. The zero-order valence-corrected chi connectivity index (χ0v) is 12.4. The lowest BCUT2D eigenvalue weighted by Gasteiger charge is -2.35. The molecule has 1 N–H and O–H groups in total. The first-order chi connectivity index (χ1) is 9.80. The van der Waals surface area contributed by atoms with Crippen molar-refractivity contribution in [2.75, 3.05) is 19.1 Å². The number of nitrogens with one attached hydrogen (secondary N) is 1. The first-order valence-corrected chi connectivity index (χ1v) is 8.14. The van der Waals surface area contributed by atoms with Gasteiger partial charge in [0.2, 0.25) is 10.0 Å². The van der Waals surface area contributed by atoms with Gasteiger partial charge in [-0.05, 0) is 12.8 Å². The van der Waals surface area contributed by atoms with Crippen molar-refractivity contribution < 1.29 is 26.3 Å². The maximum atomic E-state index is 13.6. The summed E-state index contributed by atoms with van der Waals surface area (Å²) in [5, 5.41) is 0. The van der Waals surface area contributed by atoms with Gasteiger partial charge in [-0.15, -0.1) is 11.6 Å². The lowest BCUT2D eigenvalue weighted by molar-refractivity contribution is 0.0549. The van der Waals surface area contributed by atoms with Crippen molar-refractivity contribution in [3.05, 3.63) is 29.6 Å². The van der Waals surface area contributed by atoms with Gasteiger partial charge in [-0.1, -0.05) is 0 Å². The first kappa shape index (κ1) is 16.5. The van der Waals surface area contributed by atoms with Gasteiger partial charge in [-0.25, -0.2) is 26.3 Å². The summed E-state index contributed by atoms with van der Waals surface area (Å²) in [6.45, 7) is 0.563. The highest BCUT2D eigenvalue weighted by atomic mass is 35.5. The van der Waals surface area contributed by atoms with Gasteiger partial charge < -0.3 is 4.74 Å². The quantitative estimate of drug-likeness (QED) is 0.852. The molecule has 1 fully saturated rings. The maximum absolute atomic E-state index is 13.6. The monoisotopic (exact) mass is 343 g/mol. The zero-order chi connectivity index (χ0) is 15.7. The number of alkyl halides is 1. The van der Waals surface area contributed by atoms with Crippen LogP contribution in [0, 0.1) is 17.5 Å². The minimum absolute atomic E-state index is 0.0694. The molecule has 118 valence electrons. The average Bonchev–Trinajstić information content (AvgIpc) is 2.37. The van der Waals surface area contributed by atoms with Crippen LogP contribution in [0.25, 0.3) is 0 Å². The van der Waals surface area contributed by atoms with E-state index < -0.39 is 37.9 Å². The molecular formula is C12H13ClF3NO3S. The third-order valence-corrected chi connectivity index (χ3v) is 5.43. The van der Waals surface area contributed by atoms with Crippen LogP contribution in [0.5, 0.6) is 0 Å². The van der Waals surface area contributed by atoms with E-state index in [0.29, 0.717) is 12.1 Å². The molecule has 1 saturated heterocycles. The first-order valence-electron chi connectivity index (χ1n) is 6.12. The Labute approximate surface area is 125 Å². The van der Waals surface area contributed by atoms with Gasteiger partial charge in [0, 0.05) is 31.2 Å². The average molecular weight is 344 g/mol. The predicted molar refractivity (Wildman–Crippen MR) is 70.1 cm³/mol. The molecule has 0 aromatic heterocycles. The van der Waals surface area contributed by atoms with E-state index in [2.05, 4.69) is 4.72 Å². The van der Waals surface area contributed by atoms with E-state index in [-0.39, 0.29) is 31.9 Å². The standard InChI is InChI=1S/C12H13ClF3NO3S/c13-7-12(1-3-20-4-2-12)17-21(18,19)11-9(15)5-8(14)6-10(11)16/h5-6,17H,1-4,7H2. The minimum Gasteiger partial charge on any atom is -0.381 e. The van der Waals surface area contributed by atoms with E-state index >= 15 is 0 Å². The van der Waals surface area contributed by atoms with E-state index in [1.807, 2.05) is 0 Å². The van der Waals surface area contributed by atoms with Crippen molar-refractivity contribution in [1.29, 1.82) is 0 Å². The lowest BCUT2D eigenvalue weighted by Crippen LogP contribution is -2.53. The number of halogens is 4. The summed E-state index contributed by atoms with van der Waals surface area (Å²) < 4.78 is 71.9. The molecule has 0 saturated carbocycles. The summed E-state index contributed by atoms with van der Waals surface area (Å²) in [5.74, 6) is -4.24. The molecule has 0 spiro atoms. The molecular weight excluding hydrogens is 331 g/mol. The number of sulfonamides is 1. The summed E-state index contributed by atoms with van der Waals surface area (Å²) in [7, 11) is -4.52. The molecule has 0 amide bonds. The highest BCUT2D eigenvalue weighted by Crippen LogP contribution is 2.27. The molecule has 0 aliphatic carbocycles. The van der Waals surface area contributed by atoms with E-state index in [1.165, 1.54) is 0 Å². The van der Waals surface area contributed by atoms with Gasteiger partial charge in [-0.2, -0.15) is 0 Å². The Morgan fingerprint density at radius 2 is 1.71 bits per heavy atom. The molecule has 1 heterocycles. The summed E-state index contributed by atoms with van der Waals surface area (Å²) in [6.07, 6.45) is 0.556. The normalized spacial score (nSPS) is 18.7. The largest absolute Gasteiger partial charge is 0.381 e. The lowest BCUT2D eigenvalue weighted by atomic mass is 9.94. The molecule has 21 heavy (non-hydrogen) atoms. The molecule has 1 aromatic rings. The Morgan fingerprint density at radius 3 is 2.19 bits per heavy atom. The maximum Gasteiger partial charge on any atom is 0.246 e. The predicted octanol–water partition coefficient (Wildman–Crippen LogP) is 2.17. The van der Waals surface area contributed by atoms with Gasteiger partial charge in [0.25, 0.3) is 0 Å². The van der Waals surface area contributed by atoms with Gasteiger partial charge in [0.05, 0.1) is 5.54 Å². The second kappa shape index (κ2) is 6.12. The van der Waals surface area contributed by atoms with E-state index in [4.69, 9.17) is 16.3 Å². The van der Waals surface area contributed by atoms with Crippen LogP contribution in [0.4, 0.5) is 13.2 Å². The Hall–Kier alpha value is -0.830. The smallest absolute Gasteiger partial charge is 0.246 e. The molecule has 0 unspecified atom stereocenters. The highest BCUT2D eigenvalue weighted by Gasteiger charge is 2.38. The summed E-state index contributed by atoms with van der Waals surface area (Å²) in [6, 6.07) is 0.629. The molecule has 2 rings (SSSR count). The van der Waals surface area contributed by atoms with Crippen molar-refractivity contribution in [1.82, 2.24) is 4.72 Å². The van der Waals surface area contributed by atoms with Crippen LogP contribution in [0.3, 0.4) is 0 Å². The number of rotatable bonds is 4. The summed E-state index contributed by atoms with van der Waals surface area (Å²) in [4.78, 5) is -1.21. The van der Waals surface area contributed by atoms with Gasteiger partial charge >= 0.3 is 0 Å². The molecule has 9 heteroatoms. The fourth-order valence-corrected chi connectivity index (χ4v) is 4.14. The number of benzene rings is 1. The van der Waals surface area contributed by atoms with E-state index in [1.54, 1.807) is 0 Å². The molecule has 0 atom stereocenters. The van der Waals surface area contributed by atoms with Crippen LogP contribution in [0.15, 0.2) is 17.0 Å². The fourth-order valence-electron chi connectivity index (χ4n) is 2.15. The van der Waals surface area contributed by atoms with Crippen LogP contribution in [-0.2, 0) is 14.8 Å². The minimum atomic E-state index is -4.52. The highest BCUT2D eigenvalue weighted by molar-refractivity contribution is 7.89. The topological polar surface area (TPSA) is 55.4 Å². The van der Waals surface area contributed by atoms with Crippen LogP contribution < -0.4 is 4.72 Å². The molecule has 1 aliphatic heterocycles. The van der Waals surface area contributed by atoms with E-state index in [9.17, 15) is 21.6 Å². The molecule has 0 bridgehead atoms. The Balaban J connectivity index is 2.38. The molecule has 1 aliphatic rings. The molecule has 4 nitrogen and oxygen atoms in total. The third-order valence-electron chi connectivity index (χ3n) is 3.29. The second-order valence-corrected chi connectivity index (χ2v) is 6.72. The zero-order valence-electron chi connectivity index (χ0n) is 10.8. The van der Waals surface area contributed by atoms with Gasteiger partial charge in [0.1, 0.15) is 17.5 Å². The molecule has 1 aromatic carbocycles. The van der Waals surface area contributed by atoms with Crippen molar-refractivity contribution in [2.45, 2.75) is 23.3 Å². The second-order valence-electron chi connectivity index (χ2n) is 4.83. The van der Waals surface area contributed by atoms with Gasteiger partial charge in [0.15, 0.2) is 4.90 Å². The third kappa shape index (κ3) is 3.50. The molecule has 0 radical (unpaired) electrons. The van der Waals surface area contributed by atoms with Crippen molar-refractivity contribution >= 4 is 21.6 Å². The van der Waals surface area contributed by atoms with Crippen LogP contribution in [-0.4, -0.2) is 33.1 Å². The summed E-state index contributed by atoms with van der Waals surface area (Å²) >= 11 is 5.81.